The summed E-state index contributed by atoms with van der Waals surface area (Å²) in [5.74, 6) is 0.922. The molecule has 144 valence electrons. The van der Waals surface area contributed by atoms with Crippen LogP contribution in [-0.2, 0) is 19.5 Å². The normalized spacial score (nSPS) is 15.9. The Morgan fingerprint density at radius 1 is 1.46 bits per heavy atom. The molecule has 0 aromatic carbocycles. The lowest BCUT2D eigenvalue weighted by Crippen LogP contribution is -2.47. The summed E-state index contributed by atoms with van der Waals surface area (Å²) in [6.45, 7) is 8.21. The summed E-state index contributed by atoms with van der Waals surface area (Å²) >= 11 is 3.59. The molecule has 1 unspecified atom stereocenters. The maximum absolute atomic E-state index is 4.54. The van der Waals surface area contributed by atoms with E-state index >= 15 is 0 Å². The minimum Gasteiger partial charge on any atom is -0.355 e. The number of thiophene rings is 1. The van der Waals surface area contributed by atoms with Gasteiger partial charge in [0.15, 0.2) is 5.96 Å². The predicted octanol–water partition coefficient (Wildman–Crippen LogP) is 3.59. The minimum absolute atomic E-state index is 0. The molecule has 1 N–H and O–H groups in total. The first-order valence-corrected chi connectivity index (χ1v) is 10.4. The molecule has 26 heavy (non-hydrogen) atoms. The van der Waals surface area contributed by atoms with Gasteiger partial charge in [-0.1, -0.05) is 0 Å². The molecule has 5 nitrogen and oxygen atoms in total. The zero-order valence-electron chi connectivity index (χ0n) is 15.9. The number of halogens is 1. The molecule has 0 fully saturated rings. The van der Waals surface area contributed by atoms with Gasteiger partial charge in [0.05, 0.1) is 17.2 Å². The minimum atomic E-state index is 0. The topological polar surface area (TPSA) is 43.8 Å². The van der Waals surface area contributed by atoms with Crippen LogP contribution >= 0.6 is 46.7 Å². The zero-order chi connectivity index (χ0) is 17.8. The molecule has 0 bridgehead atoms. The van der Waals surface area contributed by atoms with Gasteiger partial charge in [-0.3, -0.25) is 9.89 Å². The molecular formula is C18H28IN5S2. The predicted molar refractivity (Wildman–Crippen MR) is 123 cm³/mol. The zero-order valence-corrected chi connectivity index (χ0v) is 19.8. The molecular weight excluding hydrogens is 477 g/mol. The standard InChI is InChI=1S/C18H27N5S2.HI/c1-13(23-7-5-17-15(10-23)6-8-24-17)9-20-18(19-3)22(4)11-16-12-25-14(2)21-16;/h6,8,12-13H,5,7,9-11H2,1-4H3,(H,19,20);1H. The summed E-state index contributed by atoms with van der Waals surface area (Å²) in [5.41, 5.74) is 2.60. The first kappa shape index (κ1) is 21.6. The Morgan fingerprint density at radius 2 is 2.27 bits per heavy atom. The summed E-state index contributed by atoms with van der Waals surface area (Å²) in [6, 6.07) is 2.74. The van der Waals surface area contributed by atoms with Gasteiger partial charge in [0, 0.05) is 50.0 Å². The number of aliphatic imine (C=N–C) groups is 1. The molecule has 0 aliphatic carbocycles. The Labute approximate surface area is 181 Å². The van der Waals surface area contributed by atoms with Crippen molar-refractivity contribution in [3.05, 3.63) is 38.0 Å². The Balaban J connectivity index is 0.00000243. The average Bonchev–Trinajstić information content (AvgIpc) is 3.23. The Bertz CT molecular complexity index is 727. The van der Waals surface area contributed by atoms with Crippen molar-refractivity contribution in [1.82, 2.24) is 20.1 Å². The van der Waals surface area contributed by atoms with E-state index in [9.17, 15) is 0 Å². The van der Waals surface area contributed by atoms with Gasteiger partial charge in [-0.2, -0.15) is 0 Å². The lowest BCUT2D eigenvalue weighted by atomic mass is 10.1. The molecule has 2 aromatic heterocycles. The van der Waals surface area contributed by atoms with Crippen LogP contribution < -0.4 is 5.32 Å². The Hall–Kier alpha value is -0.710. The van der Waals surface area contributed by atoms with E-state index in [1.54, 1.807) is 16.2 Å². The van der Waals surface area contributed by atoms with Gasteiger partial charge in [0.1, 0.15) is 0 Å². The van der Waals surface area contributed by atoms with E-state index in [4.69, 9.17) is 0 Å². The second-order valence-electron chi connectivity index (χ2n) is 6.58. The van der Waals surface area contributed by atoms with Gasteiger partial charge in [-0.05, 0) is 37.3 Å². The fraction of sp³-hybridized carbons (Fsp3) is 0.556. The lowest BCUT2D eigenvalue weighted by Gasteiger charge is -2.33. The van der Waals surface area contributed by atoms with Crippen LogP contribution in [0.15, 0.2) is 21.8 Å². The van der Waals surface area contributed by atoms with Crippen LogP contribution in [0, 0.1) is 6.92 Å². The average molecular weight is 505 g/mol. The molecule has 0 spiro atoms. The third kappa shape index (κ3) is 5.40. The number of guanidine groups is 1. The van der Waals surface area contributed by atoms with Crippen molar-refractivity contribution < 1.29 is 0 Å². The molecule has 3 rings (SSSR count). The van der Waals surface area contributed by atoms with Crippen LogP contribution in [0.2, 0.25) is 0 Å². The number of nitrogens with zero attached hydrogens (tertiary/aromatic N) is 4. The quantitative estimate of drug-likeness (QED) is 0.384. The lowest BCUT2D eigenvalue weighted by molar-refractivity contribution is 0.192. The van der Waals surface area contributed by atoms with Crippen molar-refractivity contribution in [3.63, 3.8) is 0 Å². The SMILES string of the molecule is CN=C(NCC(C)N1CCc2sccc2C1)N(C)Cc1csc(C)n1.I. The summed E-state index contributed by atoms with van der Waals surface area (Å²) in [5, 5.41) is 8.97. The molecule has 3 heterocycles. The highest BCUT2D eigenvalue weighted by Crippen LogP contribution is 2.24. The first-order valence-electron chi connectivity index (χ1n) is 8.69. The van der Waals surface area contributed by atoms with E-state index in [-0.39, 0.29) is 24.0 Å². The van der Waals surface area contributed by atoms with Gasteiger partial charge < -0.3 is 10.2 Å². The van der Waals surface area contributed by atoms with E-state index in [0.29, 0.717) is 6.04 Å². The molecule has 2 aromatic rings. The third-order valence-electron chi connectivity index (χ3n) is 4.66. The molecule has 1 atom stereocenters. The summed E-state index contributed by atoms with van der Waals surface area (Å²) in [7, 11) is 3.90. The fourth-order valence-electron chi connectivity index (χ4n) is 3.20. The van der Waals surface area contributed by atoms with Crippen molar-refractivity contribution in [2.24, 2.45) is 4.99 Å². The van der Waals surface area contributed by atoms with Crippen molar-refractivity contribution in [2.75, 3.05) is 27.2 Å². The van der Waals surface area contributed by atoms with Crippen LogP contribution in [0.25, 0.3) is 0 Å². The van der Waals surface area contributed by atoms with E-state index in [1.165, 1.54) is 12.0 Å². The van der Waals surface area contributed by atoms with Crippen molar-refractivity contribution in [1.29, 1.82) is 0 Å². The van der Waals surface area contributed by atoms with Crippen LogP contribution in [0.4, 0.5) is 0 Å². The largest absolute Gasteiger partial charge is 0.355 e. The van der Waals surface area contributed by atoms with Gasteiger partial charge in [-0.15, -0.1) is 46.7 Å². The maximum atomic E-state index is 4.54. The van der Waals surface area contributed by atoms with Gasteiger partial charge in [0.2, 0.25) is 0 Å². The third-order valence-corrected chi connectivity index (χ3v) is 6.50. The Morgan fingerprint density at radius 3 is 2.96 bits per heavy atom. The van der Waals surface area contributed by atoms with Crippen molar-refractivity contribution >= 4 is 52.6 Å². The molecule has 8 heteroatoms. The molecule has 1 aliphatic rings. The smallest absolute Gasteiger partial charge is 0.193 e. The van der Waals surface area contributed by atoms with Crippen LogP contribution in [0.1, 0.15) is 28.1 Å². The molecule has 0 radical (unpaired) electrons. The fourth-order valence-corrected chi connectivity index (χ4v) is 4.69. The van der Waals surface area contributed by atoms with E-state index in [2.05, 4.69) is 55.9 Å². The number of aryl methyl sites for hydroxylation is 1. The van der Waals surface area contributed by atoms with E-state index < -0.39 is 0 Å². The second kappa shape index (κ2) is 10.0. The monoisotopic (exact) mass is 505 g/mol. The highest BCUT2D eigenvalue weighted by atomic mass is 127. The van der Waals surface area contributed by atoms with Crippen LogP contribution in [-0.4, -0.2) is 54.0 Å². The van der Waals surface area contributed by atoms with Gasteiger partial charge in [0.25, 0.3) is 0 Å². The summed E-state index contributed by atoms with van der Waals surface area (Å²) in [6.07, 6.45) is 1.18. The van der Waals surface area contributed by atoms with Gasteiger partial charge in [-0.25, -0.2) is 4.98 Å². The Kier molecular flexibility index (Phi) is 8.31. The number of aromatic nitrogens is 1. The van der Waals surface area contributed by atoms with Crippen LogP contribution in [0.3, 0.4) is 0 Å². The highest BCUT2D eigenvalue weighted by Gasteiger charge is 2.21. The number of hydrogen-bond acceptors (Lipinski definition) is 5. The number of fused-ring (bicyclic) bond motifs is 1. The van der Waals surface area contributed by atoms with E-state index in [0.717, 1.165) is 42.8 Å². The van der Waals surface area contributed by atoms with Crippen molar-refractivity contribution in [3.8, 4) is 0 Å². The number of hydrogen-bond donors (Lipinski definition) is 1. The number of rotatable bonds is 5. The van der Waals surface area contributed by atoms with Gasteiger partial charge >= 0.3 is 0 Å². The number of nitrogens with one attached hydrogen (secondary N) is 1. The molecule has 1 aliphatic heterocycles. The summed E-state index contributed by atoms with van der Waals surface area (Å²) in [4.78, 5) is 15.2. The summed E-state index contributed by atoms with van der Waals surface area (Å²) < 4.78 is 0. The van der Waals surface area contributed by atoms with E-state index in [1.807, 2.05) is 25.3 Å². The highest BCUT2D eigenvalue weighted by molar-refractivity contribution is 14.0. The maximum Gasteiger partial charge on any atom is 0.193 e. The first-order chi connectivity index (χ1) is 12.1. The number of thiazole rings is 1. The van der Waals surface area contributed by atoms with Crippen LogP contribution in [0.5, 0.6) is 0 Å². The molecule has 0 saturated carbocycles. The van der Waals surface area contributed by atoms with Crippen molar-refractivity contribution in [2.45, 2.75) is 39.4 Å². The molecule has 0 saturated heterocycles. The second-order valence-corrected chi connectivity index (χ2v) is 8.64. The molecule has 0 amide bonds.